The number of nitrogens with zero attached hydrogens (tertiary/aromatic N) is 2. The topological polar surface area (TPSA) is 55.1 Å². The number of aliphatic hydroxyl groups is 1. The van der Waals surface area contributed by atoms with Gasteiger partial charge in [-0.05, 0) is 49.3 Å². The van der Waals surface area contributed by atoms with Crippen molar-refractivity contribution in [1.82, 2.24) is 9.55 Å². The van der Waals surface area contributed by atoms with Crippen molar-refractivity contribution < 1.29 is 9.90 Å². The highest BCUT2D eigenvalue weighted by atomic mass is 16.3. The van der Waals surface area contributed by atoms with E-state index in [1.807, 2.05) is 30.7 Å². The average molecular weight is 336 g/mol. The Morgan fingerprint density at radius 2 is 1.92 bits per heavy atom. The van der Waals surface area contributed by atoms with Crippen LogP contribution in [-0.4, -0.2) is 26.5 Å². The molecule has 0 radical (unpaired) electrons. The second kappa shape index (κ2) is 6.60. The largest absolute Gasteiger partial charge is 0.393 e. The first-order chi connectivity index (χ1) is 12.1. The minimum atomic E-state index is -0.224. The van der Waals surface area contributed by atoms with Crippen LogP contribution >= 0.6 is 0 Å². The number of Topliss-reactive ketones (excluding diaryl/α,β-unsaturated/α-hetero) is 1. The van der Waals surface area contributed by atoms with Crippen molar-refractivity contribution in [2.45, 2.75) is 51.2 Å². The first-order valence-electron chi connectivity index (χ1n) is 9.14. The maximum absolute atomic E-state index is 12.9. The number of aromatic nitrogens is 2. The van der Waals surface area contributed by atoms with Gasteiger partial charge in [0, 0.05) is 12.3 Å². The summed E-state index contributed by atoms with van der Waals surface area (Å²) >= 11 is 0. The summed E-state index contributed by atoms with van der Waals surface area (Å²) in [5, 5.41) is 9.69. The number of benzene rings is 1. The molecule has 0 spiro atoms. The lowest BCUT2D eigenvalue weighted by Gasteiger charge is -2.26. The first-order valence-corrected chi connectivity index (χ1v) is 9.14. The van der Waals surface area contributed by atoms with E-state index in [4.69, 9.17) is 0 Å². The third-order valence-electron chi connectivity index (χ3n) is 5.75. The number of hydrogen-bond donors (Lipinski definition) is 1. The Hall–Kier alpha value is -2.20. The Labute approximate surface area is 148 Å². The minimum Gasteiger partial charge on any atom is -0.393 e. The highest BCUT2D eigenvalue weighted by molar-refractivity contribution is 5.96. The van der Waals surface area contributed by atoms with Crippen molar-refractivity contribution in [1.29, 1.82) is 0 Å². The fourth-order valence-corrected chi connectivity index (χ4v) is 4.35. The second-order valence-electron chi connectivity index (χ2n) is 7.28. The van der Waals surface area contributed by atoms with E-state index in [1.54, 1.807) is 0 Å². The van der Waals surface area contributed by atoms with Gasteiger partial charge >= 0.3 is 0 Å². The van der Waals surface area contributed by atoms with Crippen molar-refractivity contribution in [3.05, 3.63) is 54.1 Å². The molecule has 4 heteroatoms. The third kappa shape index (κ3) is 2.95. The summed E-state index contributed by atoms with van der Waals surface area (Å²) in [7, 11) is 0. The monoisotopic (exact) mass is 336 g/mol. The molecule has 1 unspecified atom stereocenters. The highest BCUT2D eigenvalue weighted by Gasteiger charge is 2.34. The van der Waals surface area contributed by atoms with E-state index < -0.39 is 0 Å². The summed E-state index contributed by atoms with van der Waals surface area (Å²) in [5.74, 6) is 0.410. The lowest BCUT2D eigenvalue weighted by molar-refractivity contribution is -0.124. The molecule has 2 aromatic rings. The van der Waals surface area contributed by atoms with Crippen LogP contribution in [-0.2, 0) is 4.79 Å². The molecule has 1 saturated carbocycles. The van der Waals surface area contributed by atoms with Crippen LogP contribution in [0.3, 0.4) is 0 Å². The quantitative estimate of drug-likeness (QED) is 0.922. The Bertz CT molecular complexity index is 798. The molecule has 2 aliphatic rings. The summed E-state index contributed by atoms with van der Waals surface area (Å²) < 4.78 is 2.15. The zero-order valence-corrected chi connectivity index (χ0v) is 14.6. The first kappa shape index (κ1) is 16.3. The van der Waals surface area contributed by atoms with Crippen molar-refractivity contribution in [3.8, 4) is 0 Å². The van der Waals surface area contributed by atoms with Crippen LogP contribution in [0.25, 0.3) is 11.1 Å². The van der Waals surface area contributed by atoms with Crippen LogP contribution in [0.15, 0.2) is 42.9 Å². The number of hydrogen-bond acceptors (Lipinski definition) is 3. The molecule has 0 saturated heterocycles. The number of fused-ring (bicyclic) bond motifs is 1. The molecule has 1 N–H and O–H groups in total. The van der Waals surface area contributed by atoms with Crippen LogP contribution in [0.1, 0.15) is 56.3 Å². The van der Waals surface area contributed by atoms with Crippen LogP contribution in [0.5, 0.6) is 0 Å². The van der Waals surface area contributed by atoms with E-state index in [-0.39, 0.29) is 18.1 Å². The van der Waals surface area contributed by atoms with Crippen LogP contribution < -0.4 is 0 Å². The molecule has 0 bridgehead atoms. The summed E-state index contributed by atoms with van der Waals surface area (Å²) in [5.41, 5.74) is 4.74. The van der Waals surface area contributed by atoms with E-state index in [2.05, 4.69) is 28.6 Å². The van der Waals surface area contributed by atoms with Gasteiger partial charge in [0.1, 0.15) is 5.78 Å². The fraction of sp³-hybridized carbons (Fsp3) is 0.429. The molecule has 1 aromatic heterocycles. The predicted molar refractivity (Wildman–Crippen MR) is 97.8 cm³/mol. The predicted octanol–water partition coefficient (Wildman–Crippen LogP) is 3.88. The van der Waals surface area contributed by atoms with Crippen LogP contribution in [0, 0.1) is 5.92 Å². The van der Waals surface area contributed by atoms with Gasteiger partial charge in [-0.2, -0.15) is 0 Å². The van der Waals surface area contributed by atoms with Gasteiger partial charge < -0.3 is 9.67 Å². The zero-order chi connectivity index (χ0) is 17.4. The number of carbonyl (C=O) groups is 1. The fourth-order valence-electron chi connectivity index (χ4n) is 4.35. The molecular formula is C21H24N2O2. The smallest absolute Gasteiger partial charge is 0.138 e. The summed E-state index contributed by atoms with van der Waals surface area (Å²) in [6.07, 6.45) is 7.13. The number of carbonyl (C=O) groups excluding carboxylic acids is 1. The SMILES string of the molecule is CC1=C(c2ccccc2)C(CC(=O)C2CCC(O)CC2)n2cncc21. The molecule has 1 aliphatic carbocycles. The molecule has 4 nitrogen and oxygen atoms in total. The summed E-state index contributed by atoms with van der Waals surface area (Å²) in [6, 6.07) is 10.4. The van der Waals surface area contributed by atoms with Gasteiger partial charge in [-0.1, -0.05) is 30.3 Å². The molecule has 4 rings (SSSR count). The molecule has 2 heterocycles. The molecule has 1 fully saturated rings. The Morgan fingerprint density at radius 3 is 2.64 bits per heavy atom. The average Bonchev–Trinajstić information content (AvgIpc) is 3.20. The number of allylic oxidation sites excluding steroid dienone is 2. The van der Waals surface area contributed by atoms with Crippen molar-refractivity contribution in [3.63, 3.8) is 0 Å². The van der Waals surface area contributed by atoms with Gasteiger partial charge in [0.25, 0.3) is 0 Å². The normalized spacial score (nSPS) is 25.9. The van der Waals surface area contributed by atoms with Crippen molar-refractivity contribution in [2.75, 3.05) is 0 Å². The number of aliphatic hydroxyl groups excluding tert-OH is 1. The van der Waals surface area contributed by atoms with Gasteiger partial charge in [0.15, 0.2) is 0 Å². The van der Waals surface area contributed by atoms with E-state index in [0.29, 0.717) is 12.2 Å². The minimum absolute atomic E-state index is 0.0271. The van der Waals surface area contributed by atoms with Crippen LogP contribution in [0.2, 0.25) is 0 Å². The van der Waals surface area contributed by atoms with Gasteiger partial charge in [-0.15, -0.1) is 0 Å². The standard InChI is InChI=1S/C21H24N2O2/c1-14-19-12-22-13-23(19)18(21(14)16-5-3-2-4-6-16)11-20(25)15-7-9-17(24)10-8-15/h2-6,12-13,15,17-18,24H,7-11H2,1H3. The Kier molecular flexibility index (Phi) is 4.30. The van der Waals surface area contributed by atoms with Crippen molar-refractivity contribution in [2.24, 2.45) is 5.92 Å². The Balaban J connectivity index is 1.62. The van der Waals surface area contributed by atoms with Crippen LogP contribution in [0.4, 0.5) is 0 Å². The van der Waals surface area contributed by atoms with E-state index in [1.165, 1.54) is 16.7 Å². The van der Waals surface area contributed by atoms with Crippen molar-refractivity contribution >= 4 is 16.9 Å². The maximum atomic E-state index is 12.9. The molecule has 25 heavy (non-hydrogen) atoms. The lowest BCUT2D eigenvalue weighted by Crippen LogP contribution is -2.26. The van der Waals surface area contributed by atoms with Gasteiger partial charge in [-0.25, -0.2) is 4.98 Å². The maximum Gasteiger partial charge on any atom is 0.138 e. The third-order valence-corrected chi connectivity index (χ3v) is 5.75. The molecule has 1 aliphatic heterocycles. The van der Waals surface area contributed by atoms with Gasteiger partial charge in [0.05, 0.1) is 30.4 Å². The highest BCUT2D eigenvalue weighted by Crippen LogP contribution is 2.44. The van der Waals surface area contributed by atoms with E-state index in [0.717, 1.165) is 31.4 Å². The van der Waals surface area contributed by atoms with Gasteiger partial charge in [0.2, 0.25) is 0 Å². The second-order valence-corrected chi connectivity index (χ2v) is 7.28. The van der Waals surface area contributed by atoms with Gasteiger partial charge in [-0.3, -0.25) is 4.79 Å². The number of ketones is 1. The molecular weight excluding hydrogens is 312 g/mol. The Morgan fingerprint density at radius 1 is 1.20 bits per heavy atom. The number of imidazole rings is 1. The summed E-state index contributed by atoms with van der Waals surface area (Å²) in [6.45, 7) is 2.12. The van der Waals surface area contributed by atoms with E-state index >= 15 is 0 Å². The lowest BCUT2D eigenvalue weighted by atomic mass is 9.81. The molecule has 1 atom stereocenters. The molecule has 0 amide bonds. The zero-order valence-electron chi connectivity index (χ0n) is 14.6. The summed E-state index contributed by atoms with van der Waals surface area (Å²) in [4.78, 5) is 17.2. The molecule has 1 aromatic carbocycles. The molecule has 130 valence electrons. The number of rotatable bonds is 4. The van der Waals surface area contributed by atoms with E-state index in [9.17, 15) is 9.90 Å².